The van der Waals surface area contributed by atoms with Gasteiger partial charge in [0.25, 0.3) is 0 Å². The minimum atomic E-state index is -0.460. The molecule has 0 spiro atoms. The molecule has 1 aromatic carbocycles. The molecule has 5 unspecified atom stereocenters. The Morgan fingerprint density at radius 2 is 1.95 bits per heavy atom. The number of hydrogen-bond donors (Lipinski definition) is 0. The van der Waals surface area contributed by atoms with Crippen molar-refractivity contribution < 1.29 is 19.0 Å². The fourth-order valence-corrected chi connectivity index (χ4v) is 3.05. The average Bonchev–Trinajstić information content (AvgIpc) is 2.46. The van der Waals surface area contributed by atoms with Crippen LogP contribution in [-0.2, 0) is 25.6 Å². The van der Waals surface area contributed by atoms with Crippen LogP contribution in [0.4, 0.5) is 0 Å². The molecule has 2 heterocycles. The number of hydrogen-bond acceptors (Lipinski definition) is 4. The minimum absolute atomic E-state index is 0.0482. The highest BCUT2D eigenvalue weighted by Crippen LogP contribution is 2.37. The average molecular weight is 276 g/mol. The molecule has 0 aromatic heterocycles. The molecule has 5 atom stereocenters. The van der Waals surface area contributed by atoms with Gasteiger partial charge < -0.3 is 14.2 Å². The van der Waals surface area contributed by atoms with Crippen molar-refractivity contribution in [2.24, 2.45) is 11.8 Å². The summed E-state index contributed by atoms with van der Waals surface area (Å²) < 4.78 is 17.1. The molecule has 0 saturated carbocycles. The van der Waals surface area contributed by atoms with Crippen molar-refractivity contribution in [2.45, 2.75) is 45.4 Å². The first kappa shape index (κ1) is 13.6. The number of esters is 1. The molecule has 4 nitrogen and oxygen atoms in total. The predicted octanol–water partition coefficient (Wildman–Crippen LogP) is 2.52. The third kappa shape index (κ3) is 2.58. The van der Waals surface area contributed by atoms with Gasteiger partial charge in [0.05, 0.1) is 25.2 Å². The van der Waals surface area contributed by atoms with Gasteiger partial charge in [-0.05, 0) is 5.56 Å². The van der Waals surface area contributed by atoms with E-state index in [1.165, 1.54) is 0 Å². The molecule has 0 aliphatic carbocycles. The highest BCUT2D eigenvalue weighted by molar-refractivity contribution is 5.70. The van der Waals surface area contributed by atoms with Gasteiger partial charge in [0, 0.05) is 11.8 Å². The summed E-state index contributed by atoms with van der Waals surface area (Å²) in [6.45, 7) is 4.69. The molecule has 0 N–H and O–H groups in total. The Bertz CT molecular complexity index is 453. The predicted molar refractivity (Wildman–Crippen MR) is 72.7 cm³/mol. The molecule has 2 aliphatic heterocycles. The largest absolute Gasteiger partial charge is 0.435 e. The summed E-state index contributed by atoms with van der Waals surface area (Å²) >= 11 is 0. The highest BCUT2D eigenvalue weighted by atomic mass is 16.7. The summed E-state index contributed by atoms with van der Waals surface area (Å²) in [7, 11) is 0. The van der Waals surface area contributed by atoms with Crippen LogP contribution in [0.5, 0.6) is 0 Å². The number of ether oxygens (including phenoxy) is 3. The first-order valence-corrected chi connectivity index (χ1v) is 7.15. The molecule has 20 heavy (non-hydrogen) atoms. The SMILES string of the molecule is CC1C2CC(=O)OC(O2)C(C)C1OCc1ccccc1. The number of fused-ring (bicyclic) bond motifs is 2. The van der Waals surface area contributed by atoms with Crippen molar-refractivity contribution in [3.63, 3.8) is 0 Å². The van der Waals surface area contributed by atoms with E-state index >= 15 is 0 Å². The summed E-state index contributed by atoms with van der Waals surface area (Å²) in [5.41, 5.74) is 1.15. The Morgan fingerprint density at radius 1 is 1.20 bits per heavy atom. The second-order valence-electron chi connectivity index (χ2n) is 5.72. The molecule has 2 aliphatic rings. The van der Waals surface area contributed by atoms with Crippen molar-refractivity contribution in [3.05, 3.63) is 35.9 Å². The van der Waals surface area contributed by atoms with Crippen LogP contribution in [0.1, 0.15) is 25.8 Å². The van der Waals surface area contributed by atoms with Gasteiger partial charge in [-0.2, -0.15) is 0 Å². The normalized spacial score (nSPS) is 36.5. The van der Waals surface area contributed by atoms with Crippen LogP contribution in [0.3, 0.4) is 0 Å². The molecule has 0 amide bonds. The van der Waals surface area contributed by atoms with Crippen molar-refractivity contribution in [1.82, 2.24) is 0 Å². The molecule has 4 heteroatoms. The van der Waals surface area contributed by atoms with E-state index in [1.807, 2.05) is 25.1 Å². The van der Waals surface area contributed by atoms with Gasteiger partial charge in [-0.25, -0.2) is 0 Å². The summed E-state index contributed by atoms with van der Waals surface area (Å²) in [4.78, 5) is 11.5. The van der Waals surface area contributed by atoms with E-state index in [2.05, 4.69) is 19.1 Å². The van der Waals surface area contributed by atoms with Gasteiger partial charge in [0.1, 0.15) is 0 Å². The zero-order valence-corrected chi connectivity index (χ0v) is 11.8. The lowest BCUT2D eigenvalue weighted by Gasteiger charge is -2.46. The van der Waals surface area contributed by atoms with Gasteiger partial charge in [-0.15, -0.1) is 0 Å². The van der Waals surface area contributed by atoms with Crippen molar-refractivity contribution in [3.8, 4) is 0 Å². The fourth-order valence-electron chi connectivity index (χ4n) is 3.05. The molecule has 108 valence electrons. The summed E-state index contributed by atoms with van der Waals surface area (Å²) in [6, 6.07) is 10.1. The standard InChI is InChI=1S/C16H20O4/c1-10-13-8-14(17)20-16(19-13)11(2)15(10)18-9-12-6-4-3-5-7-12/h3-7,10-11,13,15-16H,8-9H2,1-2H3. The molecule has 2 saturated heterocycles. The van der Waals surface area contributed by atoms with Crippen LogP contribution >= 0.6 is 0 Å². The van der Waals surface area contributed by atoms with Gasteiger partial charge in [-0.3, -0.25) is 4.79 Å². The maximum atomic E-state index is 11.5. The molecule has 0 radical (unpaired) electrons. The van der Waals surface area contributed by atoms with Crippen molar-refractivity contribution >= 4 is 5.97 Å². The fraction of sp³-hybridized carbons (Fsp3) is 0.562. The van der Waals surface area contributed by atoms with E-state index in [4.69, 9.17) is 14.2 Å². The number of benzene rings is 1. The van der Waals surface area contributed by atoms with E-state index < -0.39 is 6.29 Å². The van der Waals surface area contributed by atoms with Crippen LogP contribution in [0.2, 0.25) is 0 Å². The van der Waals surface area contributed by atoms with Gasteiger partial charge >= 0.3 is 5.97 Å². The Morgan fingerprint density at radius 3 is 2.70 bits per heavy atom. The van der Waals surface area contributed by atoms with Gasteiger partial charge in [0.2, 0.25) is 6.29 Å². The number of carbonyl (C=O) groups is 1. The highest BCUT2D eigenvalue weighted by Gasteiger charge is 2.47. The molecular weight excluding hydrogens is 256 g/mol. The maximum absolute atomic E-state index is 11.5. The van der Waals surface area contributed by atoms with E-state index in [-0.39, 0.29) is 30.0 Å². The maximum Gasteiger partial charge on any atom is 0.310 e. The zero-order valence-electron chi connectivity index (χ0n) is 11.8. The first-order valence-electron chi connectivity index (χ1n) is 7.15. The van der Waals surface area contributed by atoms with Crippen LogP contribution in [0, 0.1) is 11.8 Å². The molecule has 3 rings (SSSR count). The van der Waals surface area contributed by atoms with Gasteiger partial charge in [0.15, 0.2) is 0 Å². The minimum Gasteiger partial charge on any atom is -0.435 e. The number of carbonyl (C=O) groups excluding carboxylic acids is 1. The number of rotatable bonds is 3. The lowest BCUT2D eigenvalue weighted by molar-refractivity contribution is -0.285. The Hall–Kier alpha value is -1.39. The molecule has 2 bridgehead atoms. The lowest BCUT2D eigenvalue weighted by Crippen LogP contribution is -2.55. The Balaban J connectivity index is 1.68. The summed E-state index contributed by atoms with van der Waals surface area (Å²) in [5.74, 6) is 0.0819. The lowest BCUT2D eigenvalue weighted by atomic mass is 9.83. The van der Waals surface area contributed by atoms with E-state index in [0.29, 0.717) is 13.0 Å². The monoisotopic (exact) mass is 276 g/mol. The smallest absolute Gasteiger partial charge is 0.310 e. The molecule has 2 fully saturated rings. The Labute approximate surface area is 119 Å². The second-order valence-corrected chi connectivity index (χ2v) is 5.72. The quantitative estimate of drug-likeness (QED) is 0.796. The topological polar surface area (TPSA) is 44.8 Å². The van der Waals surface area contributed by atoms with E-state index in [9.17, 15) is 4.79 Å². The van der Waals surface area contributed by atoms with E-state index in [1.54, 1.807) is 0 Å². The summed E-state index contributed by atoms with van der Waals surface area (Å²) in [5, 5.41) is 0. The second kappa shape index (κ2) is 5.54. The van der Waals surface area contributed by atoms with Crippen molar-refractivity contribution in [1.29, 1.82) is 0 Å². The summed E-state index contributed by atoms with van der Waals surface area (Å²) in [6.07, 6.45) is -0.168. The van der Waals surface area contributed by atoms with Crippen LogP contribution in [0.25, 0.3) is 0 Å². The van der Waals surface area contributed by atoms with Crippen LogP contribution in [0.15, 0.2) is 30.3 Å². The van der Waals surface area contributed by atoms with Crippen LogP contribution < -0.4 is 0 Å². The van der Waals surface area contributed by atoms with Crippen LogP contribution in [-0.4, -0.2) is 24.5 Å². The van der Waals surface area contributed by atoms with Crippen molar-refractivity contribution in [2.75, 3.05) is 0 Å². The molecule has 1 aromatic rings. The Kier molecular flexibility index (Phi) is 3.76. The van der Waals surface area contributed by atoms with Gasteiger partial charge in [-0.1, -0.05) is 44.2 Å². The molecular formula is C16H20O4. The third-order valence-corrected chi connectivity index (χ3v) is 4.26. The third-order valence-electron chi connectivity index (χ3n) is 4.26. The first-order chi connectivity index (χ1) is 9.65. The van der Waals surface area contributed by atoms with E-state index in [0.717, 1.165) is 5.56 Å². The zero-order chi connectivity index (χ0) is 14.1.